The zero-order chi connectivity index (χ0) is 35.6. The Kier molecular flexibility index (Phi) is 7.76. The molecular formula is C48H44N6. The fraction of sp³-hybridized carbons (Fsp3) is 0.208. The average Bonchev–Trinajstić information content (AvgIpc) is 3.81. The van der Waals surface area contributed by atoms with Crippen molar-refractivity contribution in [1.82, 2.24) is 30.7 Å². The molecule has 2 fully saturated rings. The molecule has 6 aromatic rings. The van der Waals surface area contributed by atoms with E-state index in [0.717, 1.165) is 12.8 Å². The van der Waals surface area contributed by atoms with Gasteiger partial charge in [-0.05, 0) is 52.3 Å². The SMILES string of the molecule is C1=CCC(C2NC(c3ccccc3)N3C4=Cc5c(n(C6NC(c7ccccc7)NC(c7ccccc7)N6)c6ccccc56)CC4c4ccccc4C23)C=C1. The fourth-order valence-electron chi connectivity index (χ4n) is 10.1. The van der Waals surface area contributed by atoms with Crippen LogP contribution in [0.4, 0.5) is 0 Å². The van der Waals surface area contributed by atoms with Crippen LogP contribution in [-0.2, 0) is 6.42 Å². The summed E-state index contributed by atoms with van der Waals surface area (Å²) in [5.74, 6) is 0.632. The van der Waals surface area contributed by atoms with E-state index in [0.29, 0.717) is 5.92 Å². The van der Waals surface area contributed by atoms with E-state index in [1.165, 1.54) is 55.7 Å². The van der Waals surface area contributed by atoms with E-state index in [1.54, 1.807) is 0 Å². The van der Waals surface area contributed by atoms with Gasteiger partial charge < -0.3 is 9.47 Å². The molecule has 0 saturated carbocycles. The number of benzene rings is 5. The number of allylic oxidation sites excluding steroid dienone is 4. The number of hydrogen-bond acceptors (Lipinski definition) is 5. The second-order valence-electron chi connectivity index (χ2n) is 15.4. The highest BCUT2D eigenvalue weighted by molar-refractivity contribution is 5.93. The van der Waals surface area contributed by atoms with Crippen LogP contribution < -0.4 is 21.3 Å². The molecule has 266 valence electrons. The molecule has 0 radical (unpaired) electrons. The van der Waals surface area contributed by atoms with Gasteiger partial charge in [0.05, 0.1) is 23.9 Å². The molecule has 6 nitrogen and oxygen atoms in total. The van der Waals surface area contributed by atoms with Crippen LogP contribution in [0.25, 0.3) is 17.0 Å². The van der Waals surface area contributed by atoms with Gasteiger partial charge in [-0.15, -0.1) is 0 Å². The molecule has 7 atom stereocenters. The molecule has 1 aromatic heterocycles. The van der Waals surface area contributed by atoms with Gasteiger partial charge in [0, 0.05) is 40.7 Å². The maximum atomic E-state index is 4.22. The van der Waals surface area contributed by atoms with Crippen molar-refractivity contribution in [1.29, 1.82) is 0 Å². The Hall–Kier alpha value is -5.50. The Bertz CT molecular complexity index is 2370. The average molecular weight is 705 g/mol. The third-order valence-corrected chi connectivity index (χ3v) is 12.5. The molecule has 3 aliphatic heterocycles. The molecule has 5 aliphatic rings. The highest BCUT2D eigenvalue weighted by atomic mass is 15.4. The maximum absolute atomic E-state index is 4.22. The second-order valence-corrected chi connectivity index (χ2v) is 15.4. The van der Waals surface area contributed by atoms with Gasteiger partial charge >= 0.3 is 0 Å². The monoisotopic (exact) mass is 704 g/mol. The summed E-state index contributed by atoms with van der Waals surface area (Å²) in [7, 11) is 0. The molecule has 11 rings (SSSR count). The Morgan fingerprint density at radius 2 is 1.20 bits per heavy atom. The molecular weight excluding hydrogens is 661 g/mol. The van der Waals surface area contributed by atoms with E-state index in [9.17, 15) is 0 Å². The van der Waals surface area contributed by atoms with Gasteiger partial charge in [0.15, 0.2) is 0 Å². The van der Waals surface area contributed by atoms with E-state index < -0.39 is 0 Å². The summed E-state index contributed by atoms with van der Waals surface area (Å²) in [4.78, 5) is 2.77. The summed E-state index contributed by atoms with van der Waals surface area (Å²) in [6, 6.07) is 51.4. The van der Waals surface area contributed by atoms with Crippen molar-refractivity contribution in [2.45, 2.75) is 55.6 Å². The predicted molar refractivity (Wildman–Crippen MR) is 217 cm³/mol. The standard InChI is InChI=1S/C48H44N6/c1-5-17-31(18-6-1)43-44-37-27-14-13-25-35(37)38-29-41-39(30-42(38)54(44)47(49-43)34-23-11-4-12-24-34)36-26-15-16-28-40(36)53(41)48-51-45(32-19-7-2-8-20-32)50-46(52-48)33-21-9-3-10-22-33/h1-17,19-28,30-31,38,43-52H,18,29H2. The molecule has 5 aromatic carbocycles. The van der Waals surface area contributed by atoms with Crippen molar-refractivity contribution in [3.63, 3.8) is 0 Å². The maximum Gasteiger partial charge on any atom is 0.141 e. The molecule has 4 N–H and O–H groups in total. The molecule has 2 aliphatic carbocycles. The van der Waals surface area contributed by atoms with Crippen LogP contribution in [0.5, 0.6) is 0 Å². The summed E-state index contributed by atoms with van der Waals surface area (Å²) in [5, 5.41) is 17.4. The van der Waals surface area contributed by atoms with E-state index >= 15 is 0 Å². The van der Waals surface area contributed by atoms with E-state index in [-0.39, 0.29) is 42.8 Å². The van der Waals surface area contributed by atoms with Crippen molar-refractivity contribution in [2.75, 3.05) is 0 Å². The Balaban J connectivity index is 1.08. The van der Waals surface area contributed by atoms with Crippen LogP contribution in [0.3, 0.4) is 0 Å². The number of para-hydroxylation sites is 1. The molecule has 6 heteroatoms. The van der Waals surface area contributed by atoms with Gasteiger partial charge in [0.25, 0.3) is 0 Å². The topological polar surface area (TPSA) is 56.3 Å². The summed E-state index contributed by atoms with van der Waals surface area (Å²) >= 11 is 0. The summed E-state index contributed by atoms with van der Waals surface area (Å²) in [6.07, 6.45) is 13.5. The van der Waals surface area contributed by atoms with Crippen molar-refractivity contribution < 1.29 is 0 Å². The van der Waals surface area contributed by atoms with Crippen molar-refractivity contribution >= 4 is 17.0 Å². The lowest BCUT2D eigenvalue weighted by molar-refractivity contribution is 0.154. The van der Waals surface area contributed by atoms with Crippen molar-refractivity contribution in [3.8, 4) is 0 Å². The Labute approximate surface area is 316 Å². The Morgan fingerprint density at radius 3 is 1.89 bits per heavy atom. The van der Waals surface area contributed by atoms with Gasteiger partial charge in [0.2, 0.25) is 0 Å². The third kappa shape index (κ3) is 5.17. The van der Waals surface area contributed by atoms with Crippen LogP contribution in [0.2, 0.25) is 0 Å². The normalized spacial score (nSPS) is 28.2. The fourth-order valence-corrected chi connectivity index (χ4v) is 10.1. The zero-order valence-electron chi connectivity index (χ0n) is 30.1. The minimum Gasteiger partial charge on any atom is -0.346 e. The quantitative estimate of drug-likeness (QED) is 0.144. The summed E-state index contributed by atoms with van der Waals surface area (Å²) in [6.45, 7) is 0. The number of rotatable bonds is 5. The molecule has 7 unspecified atom stereocenters. The zero-order valence-corrected chi connectivity index (χ0v) is 30.1. The highest BCUT2D eigenvalue weighted by Crippen LogP contribution is 2.56. The van der Waals surface area contributed by atoms with Crippen molar-refractivity contribution in [3.05, 3.63) is 209 Å². The van der Waals surface area contributed by atoms with Crippen LogP contribution >= 0.6 is 0 Å². The lowest BCUT2D eigenvalue weighted by atomic mass is 9.74. The molecule has 0 spiro atoms. The lowest BCUT2D eigenvalue weighted by Gasteiger charge is -2.46. The van der Waals surface area contributed by atoms with Crippen LogP contribution in [0, 0.1) is 5.92 Å². The molecule has 2 saturated heterocycles. The Morgan fingerprint density at radius 1 is 0.574 bits per heavy atom. The number of aromatic nitrogens is 1. The highest BCUT2D eigenvalue weighted by Gasteiger charge is 2.51. The van der Waals surface area contributed by atoms with Crippen LogP contribution in [-0.4, -0.2) is 15.5 Å². The molecule has 0 amide bonds. The van der Waals surface area contributed by atoms with Gasteiger partial charge in [-0.25, -0.2) is 0 Å². The minimum atomic E-state index is -0.155. The molecule has 54 heavy (non-hydrogen) atoms. The molecule has 0 bridgehead atoms. The first-order valence-electron chi connectivity index (χ1n) is 19.5. The minimum absolute atomic E-state index is 0.0479. The number of fused-ring (bicyclic) bond motifs is 9. The predicted octanol–water partition coefficient (Wildman–Crippen LogP) is 9.12. The largest absolute Gasteiger partial charge is 0.346 e. The first-order chi connectivity index (χ1) is 26.8. The van der Waals surface area contributed by atoms with Gasteiger partial charge in [-0.3, -0.25) is 21.3 Å². The number of nitrogens with one attached hydrogen (secondary N) is 4. The van der Waals surface area contributed by atoms with Crippen LogP contribution in [0.1, 0.15) is 82.2 Å². The third-order valence-electron chi connectivity index (χ3n) is 12.5. The van der Waals surface area contributed by atoms with E-state index in [4.69, 9.17) is 0 Å². The summed E-state index contributed by atoms with van der Waals surface area (Å²) < 4.78 is 2.57. The van der Waals surface area contributed by atoms with Crippen molar-refractivity contribution in [2.24, 2.45) is 5.92 Å². The van der Waals surface area contributed by atoms with Crippen LogP contribution in [0.15, 0.2) is 170 Å². The lowest BCUT2D eigenvalue weighted by Crippen LogP contribution is -2.56. The number of nitrogens with zero attached hydrogens (tertiary/aromatic N) is 2. The molecule has 4 heterocycles. The first-order valence-corrected chi connectivity index (χ1v) is 19.5. The van der Waals surface area contributed by atoms with E-state index in [1.807, 2.05) is 0 Å². The first kappa shape index (κ1) is 32.0. The number of hydrogen-bond donors (Lipinski definition) is 4. The second kappa shape index (κ2) is 13.1. The smallest absolute Gasteiger partial charge is 0.141 e. The van der Waals surface area contributed by atoms with E-state index in [2.05, 4.69) is 201 Å². The summed E-state index contributed by atoms with van der Waals surface area (Å²) in [5.41, 5.74) is 12.0. The van der Waals surface area contributed by atoms with Gasteiger partial charge in [0.1, 0.15) is 12.5 Å². The van der Waals surface area contributed by atoms with Gasteiger partial charge in [-0.1, -0.05) is 158 Å². The van der Waals surface area contributed by atoms with Gasteiger partial charge in [-0.2, -0.15) is 0 Å².